The summed E-state index contributed by atoms with van der Waals surface area (Å²) in [5.41, 5.74) is 4.33. The zero-order chi connectivity index (χ0) is 40.8. The number of halogens is 3. The lowest BCUT2D eigenvalue weighted by Gasteiger charge is -2.36. The Hall–Kier alpha value is -5.35. The third-order valence-corrected chi connectivity index (χ3v) is 11.7. The molecule has 304 valence electrons. The lowest BCUT2D eigenvalue weighted by Crippen LogP contribution is -2.43. The smallest absolute Gasteiger partial charge is 0.221 e. The molecule has 1 saturated heterocycles. The van der Waals surface area contributed by atoms with Crippen molar-refractivity contribution in [1.82, 2.24) is 14.9 Å². The summed E-state index contributed by atoms with van der Waals surface area (Å²) >= 11 is 0. The van der Waals surface area contributed by atoms with Gasteiger partial charge < -0.3 is 24.7 Å². The molecule has 10 heteroatoms. The number of ketones is 1. The number of carbonyl (C=O) groups is 1. The average molecular weight is 791 g/mol. The van der Waals surface area contributed by atoms with E-state index in [0.29, 0.717) is 51.1 Å². The molecule has 1 atom stereocenters. The molecule has 3 heterocycles. The van der Waals surface area contributed by atoms with E-state index in [9.17, 15) is 13.6 Å². The highest BCUT2D eigenvalue weighted by atomic mass is 19.1. The minimum absolute atomic E-state index is 0.00560. The van der Waals surface area contributed by atoms with Gasteiger partial charge in [0.1, 0.15) is 17.7 Å². The summed E-state index contributed by atoms with van der Waals surface area (Å²) in [6.07, 6.45) is 14.2. The SMILES string of the molecule is C=C/C(C(=O)c1cc2cc(OC3CCN(C4CCCC4)CC3)c(-c3ccccc3F)cc2[nH]1)=C(\C)Nc1cc(Oc2c(F)cccc2F)ncc1C(C)CCCCC. The maximum atomic E-state index is 15.3. The van der Waals surface area contributed by atoms with Gasteiger partial charge in [-0.3, -0.25) is 4.79 Å². The standard InChI is InChI=1S/C48H53F3N4O3/c1-5-7-8-14-30(3)38-29-52-46(58-48-40(50)19-13-20-41(48)51)28-43(38)53-31(4)35(6-2)47(56)44-25-32-26-45(37(27-42(32)54-44)36-17-11-12-18-39(36)49)57-34-21-23-55(24-22-34)33-15-9-10-16-33/h6,11-13,17-20,25-30,33-34,54H,2,5,7-10,14-16,21-24H2,1,3-4H3,(H,52,53)/b35-31-. The molecule has 58 heavy (non-hydrogen) atoms. The summed E-state index contributed by atoms with van der Waals surface area (Å²) in [7, 11) is 0. The fraction of sp³-hybridized carbons (Fsp3) is 0.375. The van der Waals surface area contributed by atoms with Crippen LogP contribution < -0.4 is 14.8 Å². The molecule has 0 spiro atoms. The Labute approximate surface area is 339 Å². The van der Waals surface area contributed by atoms with Gasteiger partial charge in [-0.25, -0.2) is 18.2 Å². The number of anilines is 1. The fourth-order valence-corrected chi connectivity index (χ4v) is 8.45. The molecule has 1 aliphatic carbocycles. The predicted molar refractivity (Wildman–Crippen MR) is 225 cm³/mol. The van der Waals surface area contributed by atoms with Crippen molar-refractivity contribution in [3.05, 3.63) is 126 Å². The Morgan fingerprint density at radius 1 is 0.966 bits per heavy atom. The second-order valence-corrected chi connectivity index (χ2v) is 15.7. The molecule has 2 aliphatic rings. The molecule has 0 amide bonds. The number of aromatic amines is 1. The van der Waals surface area contributed by atoms with Crippen molar-refractivity contribution in [2.75, 3.05) is 18.4 Å². The summed E-state index contributed by atoms with van der Waals surface area (Å²) in [6.45, 7) is 12.0. The number of carbonyl (C=O) groups excluding carboxylic acids is 1. The monoisotopic (exact) mass is 790 g/mol. The van der Waals surface area contributed by atoms with Gasteiger partial charge in [0, 0.05) is 70.4 Å². The molecule has 5 aromatic rings. The van der Waals surface area contributed by atoms with E-state index in [1.165, 1.54) is 43.9 Å². The number of pyridine rings is 1. The molecular formula is C48H53F3N4O3. The van der Waals surface area contributed by atoms with Gasteiger partial charge in [-0.05, 0) is 86.9 Å². The fourth-order valence-electron chi connectivity index (χ4n) is 8.45. The van der Waals surface area contributed by atoms with Crippen LogP contribution >= 0.6 is 0 Å². The number of hydrogen-bond acceptors (Lipinski definition) is 6. The topological polar surface area (TPSA) is 79.5 Å². The number of hydrogen-bond donors (Lipinski definition) is 2. The van der Waals surface area contributed by atoms with Crippen LogP contribution in [0.4, 0.5) is 18.9 Å². The summed E-state index contributed by atoms with van der Waals surface area (Å²) < 4.78 is 56.7. The van der Waals surface area contributed by atoms with E-state index in [2.05, 4.69) is 40.6 Å². The molecule has 2 fully saturated rings. The summed E-state index contributed by atoms with van der Waals surface area (Å²) in [6, 6.07) is 18.0. The third kappa shape index (κ3) is 9.18. The van der Waals surface area contributed by atoms with Gasteiger partial charge in [0.2, 0.25) is 17.4 Å². The van der Waals surface area contributed by atoms with E-state index >= 15 is 4.39 Å². The van der Waals surface area contributed by atoms with Crippen LogP contribution in [0.3, 0.4) is 0 Å². The van der Waals surface area contributed by atoms with Gasteiger partial charge in [-0.15, -0.1) is 0 Å². The molecule has 7 rings (SSSR count). The Kier molecular flexibility index (Phi) is 13.0. The molecule has 1 saturated carbocycles. The second kappa shape index (κ2) is 18.5. The molecule has 1 aliphatic heterocycles. The Morgan fingerprint density at radius 3 is 2.40 bits per heavy atom. The lowest BCUT2D eigenvalue weighted by molar-refractivity contribution is 0.0772. The quantitative estimate of drug-likeness (QED) is 0.0448. The molecule has 2 N–H and O–H groups in total. The molecule has 1 unspecified atom stereocenters. The van der Waals surface area contributed by atoms with Crippen molar-refractivity contribution in [3.8, 4) is 28.5 Å². The lowest BCUT2D eigenvalue weighted by atomic mass is 9.94. The van der Waals surface area contributed by atoms with Crippen molar-refractivity contribution in [3.63, 3.8) is 0 Å². The Balaban J connectivity index is 1.18. The van der Waals surface area contributed by atoms with Crippen LogP contribution in [0, 0.1) is 17.5 Å². The second-order valence-electron chi connectivity index (χ2n) is 15.7. The first-order valence-corrected chi connectivity index (χ1v) is 20.7. The van der Waals surface area contributed by atoms with Crippen molar-refractivity contribution in [1.29, 1.82) is 0 Å². The van der Waals surface area contributed by atoms with Gasteiger partial charge in [-0.1, -0.05) is 82.9 Å². The highest BCUT2D eigenvalue weighted by Crippen LogP contribution is 2.39. The molecule has 7 nitrogen and oxygen atoms in total. The zero-order valence-corrected chi connectivity index (χ0v) is 33.7. The van der Waals surface area contributed by atoms with Gasteiger partial charge >= 0.3 is 0 Å². The summed E-state index contributed by atoms with van der Waals surface area (Å²) in [5, 5.41) is 4.15. The van der Waals surface area contributed by atoms with Gasteiger partial charge in [-0.2, -0.15) is 0 Å². The highest BCUT2D eigenvalue weighted by Gasteiger charge is 2.29. The first kappa shape index (κ1) is 40.8. The number of nitrogens with one attached hydrogen (secondary N) is 2. The molecule has 2 aromatic heterocycles. The number of rotatable bonds is 16. The largest absolute Gasteiger partial charge is 0.490 e. The maximum absolute atomic E-state index is 15.3. The number of H-pyrrole nitrogens is 1. The number of benzene rings is 3. The van der Waals surface area contributed by atoms with Crippen molar-refractivity contribution >= 4 is 22.4 Å². The van der Waals surface area contributed by atoms with E-state index in [1.807, 2.05) is 12.1 Å². The number of nitrogens with zero attached hydrogens (tertiary/aromatic N) is 2. The number of Topliss-reactive ketones (excluding diaryl/α,β-unsaturated/α-hetero) is 1. The summed E-state index contributed by atoms with van der Waals surface area (Å²) in [4.78, 5) is 24.6. The van der Waals surface area contributed by atoms with Gasteiger partial charge in [0.25, 0.3) is 0 Å². The Morgan fingerprint density at radius 2 is 1.69 bits per heavy atom. The van der Waals surface area contributed by atoms with Gasteiger partial charge in [0.05, 0.1) is 5.69 Å². The van der Waals surface area contributed by atoms with Crippen LogP contribution in [0.5, 0.6) is 17.4 Å². The Bertz CT molecular complexity index is 2270. The van der Waals surface area contributed by atoms with E-state index in [-0.39, 0.29) is 29.5 Å². The maximum Gasteiger partial charge on any atom is 0.221 e. The van der Waals surface area contributed by atoms with Crippen LogP contribution in [-0.2, 0) is 0 Å². The minimum Gasteiger partial charge on any atom is -0.490 e. The molecule has 0 radical (unpaired) electrons. The van der Waals surface area contributed by atoms with Gasteiger partial charge in [0.15, 0.2) is 11.6 Å². The van der Waals surface area contributed by atoms with E-state index < -0.39 is 17.4 Å². The number of fused-ring (bicyclic) bond motifs is 1. The van der Waals surface area contributed by atoms with Crippen LogP contribution in [0.1, 0.15) is 107 Å². The van der Waals surface area contributed by atoms with Crippen LogP contribution in [0.2, 0.25) is 0 Å². The molecule has 0 bridgehead atoms. The summed E-state index contributed by atoms with van der Waals surface area (Å²) in [5.74, 6) is -2.23. The molecule has 3 aromatic carbocycles. The first-order valence-electron chi connectivity index (χ1n) is 20.7. The number of allylic oxidation sites excluding steroid dienone is 3. The average Bonchev–Trinajstić information content (AvgIpc) is 3.91. The first-order chi connectivity index (χ1) is 28.1. The van der Waals surface area contributed by atoms with Crippen molar-refractivity contribution in [2.45, 2.75) is 103 Å². The van der Waals surface area contributed by atoms with E-state index in [0.717, 1.165) is 74.7 Å². The minimum atomic E-state index is -0.846. The van der Waals surface area contributed by atoms with Crippen LogP contribution in [0.15, 0.2) is 96.9 Å². The van der Waals surface area contributed by atoms with Crippen LogP contribution in [-0.4, -0.2) is 45.9 Å². The van der Waals surface area contributed by atoms with Crippen molar-refractivity contribution < 1.29 is 27.4 Å². The normalized spacial score (nSPS) is 16.3. The van der Waals surface area contributed by atoms with Crippen LogP contribution in [0.25, 0.3) is 22.0 Å². The highest BCUT2D eigenvalue weighted by molar-refractivity contribution is 6.12. The zero-order valence-electron chi connectivity index (χ0n) is 33.7. The number of unbranched alkanes of at least 4 members (excludes halogenated alkanes) is 2. The van der Waals surface area contributed by atoms with E-state index in [4.69, 9.17) is 9.47 Å². The van der Waals surface area contributed by atoms with Crippen molar-refractivity contribution in [2.24, 2.45) is 0 Å². The number of ether oxygens (including phenoxy) is 2. The number of para-hydroxylation sites is 1. The number of aromatic nitrogens is 2. The predicted octanol–water partition coefficient (Wildman–Crippen LogP) is 12.7. The number of piperidine rings is 1. The number of likely N-dealkylation sites (tertiary alicyclic amines) is 1. The third-order valence-electron chi connectivity index (χ3n) is 11.7. The molecular weight excluding hydrogens is 738 g/mol. The van der Waals surface area contributed by atoms with E-state index in [1.54, 1.807) is 43.5 Å².